The Labute approximate surface area is 133 Å². The SMILES string of the molecule is C[C@]1(CNS(=O)(=O)CCCCC#N)CCCc2ccccc21. The second-order valence-electron chi connectivity index (χ2n) is 6.33. The third kappa shape index (κ3) is 4.31. The van der Waals surface area contributed by atoms with E-state index in [9.17, 15) is 8.42 Å². The van der Waals surface area contributed by atoms with Crippen LogP contribution < -0.4 is 4.72 Å². The number of nitrogens with one attached hydrogen (secondary N) is 1. The number of sulfonamides is 1. The molecule has 0 radical (unpaired) electrons. The molecular weight excluding hydrogens is 296 g/mol. The van der Waals surface area contributed by atoms with E-state index >= 15 is 0 Å². The number of nitrogens with zero attached hydrogens (tertiary/aromatic N) is 1. The Morgan fingerprint density at radius 2 is 2.09 bits per heavy atom. The normalized spacial score (nSPS) is 21.1. The van der Waals surface area contributed by atoms with Crippen LogP contribution in [0.4, 0.5) is 0 Å². The van der Waals surface area contributed by atoms with Gasteiger partial charge in [0, 0.05) is 18.4 Å². The van der Waals surface area contributed by atoms with Crippen LogP contribution in [-0.4, -0.2) is 20.7 Å². The van der Waals surface area contributed by atoms with Gasteiger partial charge in [-0.1, -0.05) is 31.2 Å². The molecule has 0 saturated carbocycles. The van der Waals surface area contributed by atoms with Gasteiger partial charge in [-0.2, -0.15) is 5.26 Å². The van der Waals surface area contributed by atoms with Crippen LogP contribution in [0.25, 0.3) is 0 Å². The maximum absolute atomic E-state index is 12.1. The molecule has 0 amide bonds. The van der Waals surface area contributed by atoms with Crippen molar-refractivity contribution in [2.45, 2.75) is 50.9 Å². The lowest BCUT2D eigenvalue weighted by molar-refractivity contribution is 0.390. The van der Waals surface area contributed by atoms with Gasteiger partial charge < -0.3 is 0 Å². The van der Waals surface area contributed by atoms with E-state index in [-0.39, 0.29) is 11.2 Å². The summed E-state index contributed by atoms with van der Waals surface area (Å²) in [6.45, 7) is 2.59. The summed E-state index contributed by atoms with van der Waals surface area (Å²) in [5.41, 5.74) is 2.48. The third-order valence-corrected chi connectivity index (χ3v) is 5.89. The van der Waals surface area contributed by atoms with E-state index in [2.05, 4.69) is 23.8 Å². The monoisotopic (exact) mass is 320 g/mol. The third-order valence-electron chi connectivity index (χ3n) is 4.48. The zero-order chi connectivity index (χ0) is 16.1. The van der Waals surface area contributed by atoms with Crippen LogP contribution in [0.2, 0.25) is 0 Å². The van der Waals surface area contributed by atoms with E-state index in [1.54, 1.807) is 0 Å². The highest BCUT2D eigenvalue weighted by Crippen LogP contribution is 2.36. The Morgan fingerprint density at radius 3 is 2.86 bits per heavy atom. The van der Waals surface area contributed by atoms with Gasteiger partial charge >= 0.3 is 0 Å². The minimum atomic E-state index is -3.26. The molecule has 1 N–H and O–H groups in total. The topological polar surface area (TPSA) is 70.0 Å². The molecule has 4 nitrogen and oxygen atoms in total. The first-order valence-electron chi connectivity index (χ1n) is 7.89. The van der Waals surface area contributed by atoms with Crippen LogP contribution in [-0.2, 0) is 21.9 Å². The average molecular weight is 320 g/mol. The number of fused-ring (bicyclic) bond motifs is 1. The molecule has 120 valence electrons. The summed E-state index contributed by atoms with van der Waals surface area (Å²) >= 11 is 0. The predicted octanol–water partition coefficient (Wildman–Crippen LogP) is 2.89. The van der Waals surface area contributed by atoms with Crippen LogP contribution in [0.5, 0.6) is 0 Å². The van der Waals surface area contributed by atoms with Gasteiger partial charge in [-0.3, -0.25) is 0 Å². The summed E-state index contributed by atoms with van der Waals surface area (Å²) < 4.78 is 27.0. The van der Waals surface area contributed by atoms with E-state index in [1.807, 2.05) is 18.2 Å². The van der Waals surface area contributed by atoms with Crippen LogP contribution in [0.3, 0.4) is 0 Å². The Kier molecular flexibility index (Phi) is 5.60. The van der Waals surface area contributed by atoms with Crippen molar-refractivity contribution in [3.63, 3.8) is 0 Å². The summed E-state index contributed by atoms with van der Waals surface area (Å²) in [7, 11) is -3.26. The molecule has 0 unspecified atom stereocenters. The quantitative estimate of drug-likeness (QED) is 0.785. The number of benzene rings is 1. The highest BCUT2D eigenvalue weighted by molar-refractivity contribution is 7.89. The smallest absolute Gasteiger partial charge is 0.211 e. The van der Waals surface area contributed by atoms with Crippen molar-refractivity contribution in [1.29, 1.82) is 5.26 Å². The van der Waals surface area contributed by atoms with E-state index < -0.39 is 10.0 Å². The highest BCUT2D eigenvalue weighted by Gasteiger charge is 2.32. The zero-order valence-electron chi connectivity index (χ0n) is 13.1. The second kappa shape index (κ2) is 7.26. The molecule has 0 saturated heterocycles. The molecule has 0 heterocycles. The van der Waals surface area contributed by atoms with Crippen LogP contribution in [0.1, 0.15) is 50.2 Å². The van der Waals surface area contributed by atoms with Crippen LogP contribution in [0, 0.1) is 11.3 Å². The lowest BCUT2D eigenvalue weighted by Crippen LogP contribution is -2.41. The standard InChI is InChI=1S/C17H24N2O2S/c1-17(11-7-9-15-8-3-4-10-16(15)17)14-19-22(20,21)13-6-2-5-12-18/h3-4,8,10,19H,2,5-7,9,11,13-14H2,1H3/t17-/m1/s1. The molecule has 22 heavy (non-hydrogen) atoms. The molecule has 0 aliphatic heterocycles. The number of hydrogen-bond donors (Lipinski definition) is 1. The van der Waals surface area contributed by atoms with E-state index in [4.69, 9.17) is 5.26 Å². The van der Waals surface area contributed by atoms with Crippen LogP contribution in [0.15, 0.2) is 24.3 Å². The fourth-order valence-corrected chi connectivity index (χ4v) is 4.42. The minimum Gasteiger partial charge on any atom is -0.214 e. The van der Waals surface area contributed by atoms with E-state index in [0.29, 0.717) is 25.8 Å². The fraction of sp³-hybridized carbons (Fsp3) is 0.588. The first-order chi connectivity index (χ1) is 10.5. The zero-order valence-corrected chi connectivity index (χ0v) is 14.0. The van der Waals surface area contributed by atoms with Gasteiger partial charge in [0.2, 0.25) is 10.0 Å². The van der Waals surface area contributed by atoms with Gasteiger partial charge in [0.1, 0.15) is 0 Å². The molecule has 1 atom stereocenters. The Morgan fingerprint density at radius 1 is 1.32 bits per heavy atom. The fourth-order valence-electron chi connectivity index (χ4n) is 3.15. The summed E-state index contributed by atoms with van der Waals surface area (Å²) in [5.74, 6) is 0.104. The van der Waals surface area contributed by atoms with E-state index in [1.165, 1.54) is 11.1 Å². The molecule has 0 fully saturated rings. The molecule has 0 bridgehead atoms. The van der Waals surface area contributed by atoms with E-state index in [0.717, 1.165) is 19.3 Å². The van der Waals surface area contributed by atoms with Crippen molar-refractivity contribution in [3.8, 4) is 6.07 Å². The predicted molar refractivity (Wildman–Crippen MR) is 88.0 cm³/mol. The molecule has 2 rings (SSSR count). The van der Waals surface area contributed by atoms with Gasteiger partial charge in [-0.05, 0) is 43.2 Å². The van der Waals surface area contributed by atoms with Gasteiger partial charge in [0.15, 0.2) is 0 Å². The average Bonchev–Trinajstić information content (AvgIpc) is 2.51. The first kappa shape index (κ1) is 17.0. The largest absolute Gasteiger partial charge is 0.214 e. The molecule has 1 aliphatic rings. The first-order valence-corrected chi connectivity index (χ1v) is 9.55. The Bertz CT molecular complexity index is 649. The Balaban J connectivity index is 1.98. The molecule has 1 aromatic carbocycles. The van der Waals surface area contributed by atoms with Gasteiger partial charge in [-0.25, -0.2) is 13.1 Å². The highest BCUT2D eigenvalue weighted by atomic mass is 32.2. The van der Waals surface area contributed by atoms with Crippen LogP contribution >= 0.6 is 0 Å². The summed E-state index contributed by atoms with van der Waals surface area (Å²) in [5, 5.41) is 8.48. The minimum absolute atomic E-state index is 0.104. The van der Waals surface area contributed by atoms with Crippen molar-refractivity contribution >= 4 is 10.0 Å². The molecule has 1 aromatic rings. The van der Waals surface area contributed by atoms with Crippen molar-refractivity contribution in [2.24, 2.45) is 0 Å². The maximum Gasteiger partial charge on any atom is 0.211 e. The number of rotatable bonds is 7. The molecule has 5 heteroatoms. The lowest BCUT2D eigenvalue weighted by atomic mass is 9.71. The second-order valence-corrected chi connectivity index (χ2v) is 8.25. The van der Waals surface area contributed by atoms with Crippen molar-refractivity contribution in [1.82, 2.24) is 4.72 Å². The van der Waals surface area contributed by atoms with Gasteiger partial charge in [0.25, 0.3) is 0 Å². The number of hydrogen-bond acceptors (Lipinski definition) is 3. The lowest BCUT2D eigenvalue weighted by Gasteiger charge is -2.36. The molecule has 0 spiro atoms. The van der Waals surface area contributed by atoms with Crippen molar-refractivity contribution in [3.05, 3.63) is 35.4 Å². The van der Waals surface area contributed by atoms with Crippen molar-refractivity contribution < 1.29 is 8.42 Å². The van der Waals surface area contributed by atoms with Crippen molar-refractivity contribution in [2.75, 3.05) is 12.3 Å². The summed E-state index contributed by atoms with van der Waals surface area (Å²) in [6, 6.07) is 10.4. The summed E-state index contributed by atoms with van der Waals surface area (Å²) in [6.07, 6.45) is 4.76. The van der Waals surface area contributed by atoms with Gasteiger partial charge in [-0.15, -0.1) is 0 Å². The molecule has 1 aliphatic carbocycles. The molecular formula is C17H24N2O2S. The number of aryl methyl sites for hydroxylation is 1. The summed E-state index contributed by atoms with van der Waals surface area (Å²) in [4.78, 5) is 0. The Hall–Kier alpha value is -1.38. The maximum atomic E-state index is 12.1. The number of nitriles is 1. The van der Waals surface area contributed by atoms with Gasteiger partial charge in [0.05, 0.1) is 11.8 Å². The molecule has 0 aromatic heterocycles. The number of unbranched alkanes of at least 4 members (excludes halogenated alkanes) is 2.